The van der Waals surface area contributed by atoms with Gasteiger partial charge in [0.2, 0.25) is 5.89 Å². The van der Waals surface area contributed by atoms with Gasteiger partial charge < -0.3 is 19.2 Å². The van der Waals surface area contributed by atoms with Crippen molar-refractivity contribution < 1.29 is 18.7 Å². The van der Waals surface area contributed by atoms with Crippen molar-refractivity contribution in [3.05, 3.63) is 59.3 Å². The molecule has 0 saturated heterocycles. The molecule has 34 heavy (non-hydrogen) atoms. The van der Waals surface area contributed by atoms with Crippen LogP contribution in [-0.2, 0) is 11.2 Å². The van der Waals surface area contributed by atoms with Gasteiger partial charge in [0.25, 0.3) is 0 Å². The van der Waals surface area contributed by atoms with Crippen LogP contribution in [0.15, 0.2) is 47.0 Å². The van der Waals surface area contributed by atoms with Gasteiger partial charge in [0.15, 0.2) is 5.76 Å². The maximum Gasteiger partial charge on any atom is 0.408 e. The van der Waals surface area contributed by atoms with Crippen LogP contribution >= 0.6 is 0 Å². The number of amides is 1. The zero-order valence-corrected chi connectivity index (χ0v) is 20.1. The number of alkyl carbamates (subject to hydrolysis) is 1. The van der Waals surface area contributed by atoms with E-state index in [9.17, 15) is 10.1 Å². The van der Waals surface area contributed by atoms with E-state index in [1.54, 1.807) is 18.3 Å². The molecule has 0 fully saturated rings. The van der Waals surface area contributed by atoms with Crippen LogP contribution in [0.1, 0.15) is 63.8 Å². The quantitative estimate of drug-likeness (QED) is 0.489. The van der Waals surface area contributed by atoms with E-state index in [-0.39, 0.29) is 12.1 Å². The Balaban J connectivity index is 1.58. The summed E-state index contributed by atoms with van der Waals surface area (Å²) in [5.41, 5.74) is 3.73. The van der Waals surface area contributed by atoms with Crippen molar-refractivity contribution in [1.29, 1.82) is 5.26 Å². The largest absolute Gasteiger partial charge is 0.490 e. The minimum atomic E-state index is -0.547. The Morgan fingerprint density at radius 3 is 2.76 bits per heavy atom. The molecule has 1 aromatic heterocycles. The van der Waals surface area contributed by atoms with Gasteiger partial charge in [-0.05, 0) is 76.8 Å². The predicted molar refractivity (Wildman–Crippen MR) is 128 cm³/mol. The highest BCUT2D eigenvalue weighted by molar-refractivity contribution is 5.71. The van der Waals surface area contributed by atoms with Gasteiger partial charge in [0.1, 0.15) is 17.4 Å². The lowest BCUT2D eigenvalue weighted by Gasteiger charge is -2.22. The van der Waals surface area contributed by atoms with E-state index in [0.717, 1.165) is 29.5 Å². The van der Waals surface area contributed by atoms with Crippen LogP contribution in [-0.4, -0.2) is 22.8 Å². The van der Waals surface area contributed by atoms with Crippen LogP contribution in [0.25, 0.3) is 22.8 Å². The third-order valence-electron chi connectivity index (χ3n) is 5.44. The van der Waals surface area contributed by atoms with Gasteiger partial charge in [-0.3, -0.25) is 0 Å². The summed E-state index contributed by atoms with van der Waals surface area (Å²) in [6, 6.07) is 13.4. The Bertz CT molecular complexity index is 1250. The fraction of sp³-hybridized carbons (Fsp3) is 0.370. The highest BCUT2D eigenvalue weighted by Crippen LogP contribution is 2.39. The average Bonchev–Trinajstić information content (AvgIpc) is 3.40. The topological polar surface area (TPSA) is 97.4 Å². The second kappa shape index (κ2) is 9.22. The number of fused-ring (bicyclic) bond motifs is 1. The van der Waals surface area contributed by atoms with E-state index in [1.807, 2.05) is 58.9 Å². The molecule has 176 valence electrons. The molecule has 1 aliphatic rings. The lowest BCUT2D eigenvalue weighted by Crippen LogP contribution is -2.34. The van der Waals surface area contributed by atoms with E-state index < -0.39 is 11.7 Å². The Morgan fingerprint density at radius 1 is 1.26 bits per heavy atom. The van der Waals surface area contributed by atoms with Crippen LogP contribution < -0.4 is 10.1 Å². The number of nitrogens with one attached hydrogen (secondary N) is 1. The number of hydrogen-bond donors (Lipinski definition) is 1. The summed E-state index contributed by atoms with van der Waals surface area (Å²) in [5.74, 6) is 1.62. The number of nitrogens with zero attached hydrogens (tertiary/aromatic N) is 2. The maximum absolute atomic E-state index is 12.3. The molecule has 0 saturated carbocycles. The molecule has 0 bridgehead atoms. The second-order valence-electron chi connectivity index (χ2n) is 9.63. The highest BCUT2D eigenvalue weighted by atomic mass is 16.6. The molecule has 0 spiro atoms. The fourth-order valence-corrected chi connectivity index (χ4v) is 4.12. The molecule has 1 N–H and O–H groups in total. The Kier molecular flexibility index (Phi) is 6.34. The van der Waals surface area contributed by atoms with E-state index in [1.165, 1.54) is 0 Å². The van der Waals surface area contributed by atoms with E-state index in [0.29, 0.717) is 28.5 Å². The average molecular weight is 460 g/mol. The SMILES string of the molecule is CC(C)Oc1ccc(-c2ncc(-c3cccc4c3CCC4NC(=O)OC(C)(C)C)o2)cc1C#N. The van der Waals surface area contributed by atoms with Gasteiger partial charge >= 0.3 is 6.09 Å². The Labute approximate surface area is 199 Å². The molecule has 0 aliphatic heterocycles. The monoisotopic (exact) mass is 459 g/mol. The molecular weight excluding hydrogens is 430 g/mol. The van der Waals surface area contributed by atoms with Crippen LogP contribution in [0, 0.1) is 11.3 Å². The van der Waals surface area contributed by atoms with E-state index in [4.69, 9.17) is 13.9 Å². The first-order valence-electron chi connectivity index (χ1n) is 11.4. The van der Waals surface area contributed by atoms with Crippen molar-refractivity contribution in [3.8, 4) is 34.6 Å². The number of carbonyl (C=O) groups is 1. The van der Waals surface area contributed by atoms with Crippen molar-refractivity contribution in [2.75, 3.05) is 0 Å². The smallest absolute Gasteiger partial charge is 0.408 e. The molecule has 7 heteroatoms. The lowest BCUT2D eigenvalue weighted by atomic mass is 10.0. The third kappa shape index (κ3) is 5.07. The number of carbonyl (C=O) groups excluding carboxylic acids is 1. The van der Waals surface area contributed by atoms with Crippen LogP contribution in [0.2, 0.25) is 0 Å². The van der Waals surface area contributed by atoms with E-state index in [2.05, 4.69) is 16.4 Å². The molecule has 4 rings (SSSR count). The Hall–Kier alpha value is -3.79. The third-order valence-corrected chi connectivity index (χ3v) is 5.44. The second-order valence-corrected chi connectivity index (χ2v) is 9.63. The molecule has 1 heterocycles. The van der Waals surface area contributed by atoms with Crippen molar-refractivity contribution in [2.24, 2.45) is 0 Å². The summed E-state index contributed by atoms with van der Waals surface area (Å²) in [7, 11) is 0. The van der Waals surface area contributed by atoms with Crippen molar-refractivity contribution in [1.82, 2.24) is 10.3 Å². The van der Waals surface area contributed by atoms with Gasteiger partial charge in [-0.25, -0.2) is 9.78 Å². The molecule has 1 amide bonds. The first-order chi connectivity index (χ1) is 16.1. The molecule has 1 aliphatic carbocycles. The molecular formula is C27H29N3O4. The summed E-state index contributed by atoms with van der Waals surface area (Å²) in [5, 5.41) is 12.5. The Morgan fingerprint density at radius 2 is 2.06 bits per heavy atom. The normalized spacial score (nSPS) is 15.0. The predicted octanol–water partition coefficient (Wildman–Crippen LogP) is 6.18. The van der Waals surface area contributed by atoms with Gasteiger partial charge in [0.05, 0.1) is 23.9 Å². The first-order valence-corrected chi connectivity index (χ1v) is 11.4. The van der Waals surface area contributed by atoms with Gasteiger partial charge in [-0.2, -0.15) is 5.26 Å². The number of ether oxygens (including phenoxy) is 2. The van der Waals surface area contributed by atoms with Crippen LogP contribution in [0.3, 0.4) is 0 Å². The van der Waals surface area contributed by atoms with E-state index >= 15 is 0 Å². The number of rotatable bonds is 5. The fourth-order valence-electron chi connectivity index (χ4n) is 4.12. The number of nitriles is 1. The van der Waals surface area contributed by atoms with Crippen molar-refractivity contribution >= 4 is 6.09 Å². The zero-order chi connectivity index (χ0) is 24.5. The number of oxazole rings is 1. The van der Waals surface area contributed by atoms with Gasteiger partial charge in [-0.1, -0.05) is 18.2 Å². The van der Waals surface area contributed by atoms with Gasteiger partial charge in [-0.15, -0.1) is 0 Å². The number of hydrogen-bond acceptors (Lipinski definition) is 6. The zero-order valence-electron chi connectivity index (χ0n) is 20.1. The summed E-state index contributed by atoms with van der Waals surface area (Å²) < 4.78 is 17.2. The summed E-state index contributed by atoms with van der Waals surface area (Å²) in [6.45, 7) is 9.38. The standard InChI is InChI=1S/C27H29N3O4/c1-16(2)32-23-12-9-17(13-18(23)14-28)25-29-15-24(33-25)21-8-6-7-20-19(21)10-11-22(20)30-26(31)34-27(3,4)5/h6-9,12-13,15-16,22H,10-11H2,1-5H3,(H,30,31). The minimum absolute atomic E-state index is 0.0277. The molecule has 3 aromatic rings. The summed E-state index contributed by atoms with van der Waals surface area (Å²) >= 11 is 0. The summed E-state index contributed by atoms with van der Waals surface area (Å²) in [6.07, 6.45) is 2.84. The number of aromatic nitrogens is 1. The molecule has 7 nitrogen and oxygen atoms in total. The van der Waals surface area contributed by atoms with Gasteiger partial charge in [0, 0.05) is 11.1 Å². The highest BCUT2D eigenvalue weighted by Gasteiger charge is 2.29. The molecule has 0 radical (unpaired) electrons. The number of benzene rings is 2. The minimum Gasteiger partial charge on any atom is -0.490 e. The first kappa shape index (κ1) is 23.4. The van der Waals surface area contributed by atoms with Crippen LogP contribution in [0.5, 0.6) is 5.75 Å². The van der Waals surface area contributed by atoms with Crippen LogP contribution in [0.4, 0.5) is 4.79 Å². The maximum atomic E-state index is 12.3. The molecule has 2 aromatic carbocycles. The summed E-state index contributed by atoms with van der Waals surface area (Å²) in [4.78, 5) is 16.7. The van der Waals surface area contributed by atoms with Crippen molar-refractivity contribution in [3.63, 3.8) is 0 Å². The molecule has 1 unspecified atom stereocenters. The van der Waals surface area contributed by atoms with Crippen molar-refractivity contribution in [2.45, 2.75) is 65.2 Å². The lowest BCUT2D eigenvalue weighted by molar-refractivity contribution is 0.0503. The molecule has 1 atom stereocenters.